The summed E-state index contributed by atoms with van der Waals surface area (Å²) in [5.74, 6) is 0. The number of hydrogen-bond donors (Lipinski definition) is 0. The molecular weight excluding hydrogens is 450 g/mol. The third-order valence-electron chi connectivity index (χ3n) is 6.07. The summed E-state index contributed by atoms with van der Waals surface area (Å²) in [6.07, 6.45) is 0. The smallest absolute Gasteiger partial charge is 0.221 e. The maximum atomic E-state index is 8.49. The molecule has 0 aliphatic carbocycles. The van der Waals surface area contributed by atoms with E-state index in [-0.39, 0.29) is 0 Å². The molecule has 6 rings (SSSR count). The Bertz CT molecular complexity index is 1560. The molecule has 5 nitrogen and oxygen atoms in total. The van der Waals surface area contributed by atoms with Gasteiger partial charge in [0.25, 0.3) is 0 Å². The van der Waals surface area contributed by atoms with Crippen molar-refractivity contribution < 1.29 is 33.4 Å². The van der Waals surface area contributed by atoms with Crippen LogP contribution in [0.5, 0.6) is 0 Å². The molecule has 0 atom stereocenters. The monoisotopic (exact) mass is 469 g/mol. The third kappa shape index (κ3) is 4.07. The van der Waals surface area contributed by atoms with Gasteiger partial charge in [0.2, 0.25) is 11.0 Å². The fourth-order valence-electron chi connectivity index (χ4n) is 4.81. The minimum absolute atomic E-state index is 1.26. The summed E-state index contributed by atoms with van der Waals surface area (Å²) >= 11 is 0. The summed E-state index contributed by atoms with van der Waals surface area (Å²) in [7, 11) is -2.74. The van der Waals surface area contributed by atoms with Crippen LogP contribution in [0, 0.1) is 10.2 Å². The van der Waals surface area contributed by atoms with E-state index in [9.17, 15) is 0 Å². The molecule has 0 unspecified atom stereocenters. The number of benzene rings is 5. The van der Waals surface area contributed by atoms with Crippen LogP contribution in [0.15, 0.2) is 103 Å². The van der Waals surface area contributed by atoms with Crippen LogP contribution in [0.4, 0.5) is 0 Å². The zero-order valence-electron chi connectivity index (χ0n) is 18.3. The molecule has 1 aromatic heterocycles. The van der Waals surface area contributed by atoms with Crippen molar-refractivity contribution >= 4 is 43.4 Å². The predicted molar refractivity (Wildman–Crippen MR) is 123 cm³/mol. The summed E-state index contributed by atoms with van der Waals surface area (Å²) in [5.41, 5.74) is 5.13. The number of aryl methyl sites for hydroxylation is 1. The van der Waals surface area contributed by atoms with Crippen LogP contribution in [-0.4, -0.2) is 0 Å². The molecule has 0 amide bonds. The standard InChI is InChI=1S/C28H20N.ClHO4/c1-29-27-22-13-7-5-9-19(22)15-17-24(27)26(21-11-3-2-4-12-21)25-18-16-20-10-6-8-14-23(20)28(25)29;2-1(3,4)5/h2-18H,1H3;(H,2,3,4,5)/q+1;/p-1. The highest BCUT2D eigenvalue weighted by Crippen LogP contribution is 2.38. The number of hydrogen-bond acceptors (Lipinski definition) is 4. The van der Waals surface area contributed by atoms with Crippen molar-refractivity contribution in [1.29, 1.82) is 0 Å². The van der Waals surface area contributed by atoms with Crippen molar-refractivity contribution in [3.8, 4) is 11.1 Å². The van der Waals surface area contributed by atoms with Crippen LogP contribution in [0.25, 0.3) is 54.5 Å². The summed E-state index contributed by atoms with van der Waals surface area (Å²) < 4.78 is 36.4. The highest BCUT2D eigenvalue weighted by molar-refractivity contribution is 6.18. The molecule has 0 spiro atoms. The van der Waals surface area contributed by atoms with Gasteiger partial charge in [-0.05, 0) is 40.6 Å². The van der Waals surface area contributed by atoms with E-state index >= 15 is 0 Å². The van der Waals surface area contributed by atoms with Crippen molar-refractivity contribution in [1.82, 2.24) is 0 Å². The molecule has 0 fully saturated rings. The number of aromatic nitrogens is 1. The Balaban J connectivity index is 0.000000439. The molecule has 0 bridgehead atoms. The number of nitrogens with zero attached hydrogens (tertiary/aromatic N) is 1. The van der Waals surface area contributed by atoms with Crippen molar-refractivity contribution in [3.05, 3.63) is 103 Å². The average Bonchev–Trinajstić information content (AvgIpc) is 2.83. The summed E-state index contributed by atoms with van der Waals surface area (Å²) in [4.78, 5) is 0. The Hall–Kier alpha value is -3.58. The molecule has 168 valence electrons. The van der Waals surface area contributed by atoms with E-state index in [1.165, 1.54) is 54.5 Å². The lowest BCUT2D eigenvalue weighted by molar-refractivity contribution is -2.00. The van der Waals surface area contributed by atoms with E-state index in [2.05, 4.69) is 115 Å². The lowest BCUT2D eigenvalue weighted by atomic mass is 9.92. The molecule has 0 radical (unpaired) electrons. The number of pyridine rings is 1. The van der Waals surface area contributed by atoms with E-state index in [0.717, 1.165) is 0 Å². The molecule has 0 N–H and O–H groups in total. The molecule has 1 heterocycles. The molecule has 6 aromatic rings. The maximum absolute atomic E-state index is 8.49. The SMILES string of the molecule is C[n+]1c2c(ccc3ccccc32)c(-c2ccccc2)c2ccc3ccccc3c21.[O-][Cl+3]([O-])([O-])[O-]. The Morgan fingerprint density at radius 3 is 1.38 bits per heavy atom. The molecule has 0 aliphatic rings. The first-order valence-electron chi connectivity index (χ1n) is 10.6. The van der Waals surface area contributed by atoms with Crippen LogP contribution in [0.1, 0.15) is 0 Å². The fourth-order valence-corrected chi connectivity index (χ4v) is 4.81. The largest absolute Gasteiger partial charge is 0.222 e. The minimum atomic E-state index is -4.94. The molecule has 6 heteroatoms. The van der Waals surface area contributed by atoms with Gasteiger partial charge in [-0.1, -0.05) is 78.9 Å². The first-order valence-corrected chi connectivity index (χ1v) is 11.9. The molecule has 0 aliphatic heterocycles. The molecule has 34 heavy (non-hydrogen) atoms. The third-order valence-corrected chi connectivity index (χ3v) is 6.07. The van der Waals surface area contributed by atoms with E-state index in [1.807, 2.05) is 0 Å². The van der Waals surface area contributed by atoms with E-state index in [4.69, 9.17) is 18.6 Å². The predicted octanol–water partition coefficient (Wildman–Crippen LogP) is 2.03. The van der Waals surface area contributed by atoms with E-state index in [0.29, 0.717) is 0 Å². The molecular formula is C28H20ClNO4. The van der Waals surface area contributed by atoms with Gasteiger partial charge in [-0.2, -0.15) is 4.57 Å². The number of rotatable bonds is 1. The second-order valence-electron chi connectivity index (χ2n) is 8.04. The highest BCUT2D eigenvalue weighted by atomic mass is 35.7. The fraction of sp³-hybridized carbons (Fsp3) is 0.0357. The highest BCUT2D eigenvalue weighted by Gasteiger charge is 2.22. The summed E-state index contributed by atoms with van der Waals surface area (Å²) in [6.45, 7) is 0. The zero-order valence-corrected chi connectivity index (χ0v) is 19.0. The van der Waals surface area contributed by atoms with Gasteiger partial charge in [0.1, 0.15) is 7.05 Å². The summed E-state index contributed by atoms with van der Waals surface area (Å²) in [6, 6.07) is 37.2. The Kier molecular flexibility index (Phi) is 5.65. The number of fused-ring (bicyclic) bond motifs is 6. The molecule has 0 saturated carbocycles. The van der Waals surface area contributed by atoms with Gasteiger partial charge in [-0.3, -0.25) is 0 Å². The van der Waals surface area contributed by atoms with Crippen molar-refractivity contribution in [3.63, 3.8) is 0 Å². The topological polar surface area (TPSA) is 96.1 Å². The van der Waals surface area contributed by atoms with Gasteiger partial charge in [0, 0.05) is 5.56 Å². The maximum Gasteiger partial charge on any atom is 0.221 e. The Morgan fingerprint density at radius 2 is 0.912 bits per heavy atom. The first-order chi connectivity index (χ1) is 16.3. The normalized spacial score (nSPS) is 11.7. The van der Waals surface area contributed by atoms with Crippen molar-refractivity contribution in [2.45, 2.75) is 0 Å². The van der Waals surface area contributed by atoms with Crippen LogP contribution in [0.3, 0.4) is 0 Å². The Labute approximate surface area is 198 Å². The number of halogens is 1. The lowest BCUT2D eigenvalue weighted by Crippen LogP contribution is -2.68. The van der Waals surface area contributed by atoms with Crippen molar-refractivity contribution in [2.24, 2.45) is 7.05 Å². The van der Waals surface area contributed by atoms with Crippen LogP contribution in [0.2, 0.25) is 0 Å². The van der Waals surface area contributed by atoms with Gasteiger partial charge in [-0.25, -0.2) is 18.6 Å². The van der Waals surface area contributed by atoms with Crippen molar-refractivity contribution in [2.75, 3.05) is 0 Å². The lowest BCUT2D eigenvalue weighted by Gasteiger charge is -2.17. The van der Waals surface area contributed by atoms with E-state index < -0.39 is 10.2 Å². The minimum Gasteiger partial charge on any atom is -0.222 e. The van der Waals surface area contributed by atoms with Gasteiger partial charge >= 0.3 is 0 Å². The molecule has 5 aromatic carbocycles. The van der Waals surface area contributed by atoms with E-state index in [1.54, 1.807) is 0 Å². The average molecular weight is 470 g/mol. The second kappa shape index (κ2) is 8.65. The van der Waals surface area contributed by atoms with Gasteiger partial charge in [0.05, 0.1) is 21.5 Å². The van der Waals surface area contributed by atoms with Gasteiger partial charge in [-0.15, -0.1) is 10.2 Å². The quantitative estimate of drug-likeness (QED) is 0.209. The van der Waals surface area contributed by atoms with Crippen LogP contribution >= 0.6 is 0 Å². The van der Waals surface area contributed by atoms with Crippen LogP contribution < -0.4 is 23.2 Å². The zero-order chi connectivity index (χ0) is 23.9. The Morgan fingerprint density at radius 1 is 0.500 bits per heavy atom. The first kappa shape index (κ1) is 22.2. The van der Waals surface area contributed by atoms with Gasteiger partial charge < -0.3 is 0 Å². The second-order valence-corrected chi connectivity index (χ2v) is 8.80. The van der Waals surface area contributed by atoms with Crippen LogP contribution in [-0.2, 0) is 7.05 Å². The summed E-state index contributed by atoms with van der Waals surface area (Å²) in [5, 5.41) is 7.71. The van der Waals surface area contributed by atoms with Gasteiger partial charge in [0.15, 0.2) is 0 Å². The molecule has 0 saturated heterocycles.